The van der Waals surface area contributed by atoms with E-state index in [9.17, 15) is 0 Å². The minimum atomic E-state index is -0.180. The molecule has 1 aliphatic rings. The molecule has 8 aromatic rings. The number of aromatic nitrogens is 1. The van der Waals surface area contributed by atoms with Crippen molar-refractivity contribution < 1.29 is 0 Å². The molecule has 9 rings (SSSR count). The SMILES string of the molecule is CC(C)(C)c1cc(-c2ccccc2)ccc1N(c1ccc2c(c1)c1ccccc1n2-c1ccccc1)c1cccc2c1C(C)(C)c1ccccc1-2. The van der Waals surface area contributed by atoms with E-state index in [-0.39, 0.29) is 10.8 Å². The lowest BCUT2D eigenvalue weighted by molar-refractivity contribution is 0.591. The van der Waals surface area contributed by atoms with E-state index in [1.54, 1.807) is 0 Å². The summed E-state index contributed by atoms with van der Waals surface area (Å²) in [5.41, 5.74) is 16.0. The minimum absolute atomic E-state index is 0.123. The zero-order chi connectivity index (χ0) is 34.9. The molecule has 248 valence electrons. The maximum Gasteiger partial charge on any atom is 0.0542 e. The van der Waals surface area contributed by atoms with Gasteiger partial charge >= 0.3 is 0 Å². The maximum absolute atomic E-state index is 2.55. The van der Waals surface area contributed by atoms with Gasteiger partial charge in [0.1, 0.15) is 0 Å². The number of rotatable bonds is 5. The number of para-hydroxylation sites is 2. The summed E-state index contributed by atoms with van der Waals surface area (Å²) in [6.45, 7) is 11.8. The Morgan fingerprint density at radius 3 is 1.96 bits per heavy atom. The molecule has 0 fully saturated rings. The van der Waals surface area contributed by atoms with E-state index < -0.39 is 0 Å². The van der Waals surface area contributed by atoms with Gasteiger partial charge in [-0.05, 0) is 99.0 Å². The van der Waals surface area contributed by atoms with E-state index in [1.807, 2.05) is 0 Å². The summed E-state index contributed by atoms with van der Waals surface area (Å²) in [6.07, 6.45) is 0. The van der Waals surface area contributed by atoms with Crippen LogP contribution in [-0.2, 0) is 10.8 Å². The van der Waals surface area contributed by atoms with Crippen LogP contribution in [0.5, 0.6) is 0 Å². The summed E-state index contributed by atoms with van der Waals surface area (Å²) < 4.78 is 2.40. The molecule has 0 unspecified atom stereocenters. The number of hydrogen-bond donors (Lipinski definition) is 0. The Kier molecular flexibility index (Phi) is 7.09. The lowest BCUT2D eigenvalue weighted by Crippen LogP contribution is -2.23. The molecular formula is C49H42N2. The fraction of sp³-hybridized carbons (Fsp3) is 0.143. The van der Waals surface area contributed by atoms with Crippen molar-refractivity contribution in [3.8, 4) is 27.9 Å². The molecule has 51 heavy (non-hydrogen) atoms. The van der Waals surface area contributed by atoms with Gasteiger partial charge in [0.15, 0.2) is 0 Å². The Morgan fingerprint density at radius 1 is 0.510 bits per heavy atom. The van der Waals surface area contributed by atoms with Crippen LogP contribution in [0.4, 0.5) is 17.1 Å². The van der Waals surface area contributed by atoms with Crippen molar-refractivity contribution in [3.63, 3.8) is 0 Å². The van der Waals surface area contributed by atoms with E-state index in [1.165, 1.54) is 77.8 Å². The summed E-state index contributed by atoms with van der Waals surface area (Å²) in [7, 11) is 0. The van der Waals surface area contributed by atoms with Crippen LogP contribution in [-0.4, -0.2) is 4.57 Å². The monoisotopic (exact) mass is 658 g/mol. The molecule has 0 spiro atoms. The first-order chi connectivity index (χ1) is 24.7. The Morgan fingerprint density at radius 2 is 1.18 bits per heavy atom. The van der Waals surface area contributed by atoms with Crippen LogP contribution in [0.15, 0.2) is 164 Å². The molecule has 1 aromatic heterocycles. The van der Waals surface area contributed by atoms with Crippen LogP contribution < -0.4 is 4.90 Å². The van der Waals surface area contributed by atoms with Gasteiger partial charge in [0.05, 0.1) is 16.7 Å². The average Bonchev–Trinajstić information content (AvgIpc) is 3.61. The summed E-state index contributed by atoms with van der Waals surface area (Å²) in [5, 5.41) is 2.49. The second kappa shape index (κ2) is 11.6. The third-order valence-corrected chi connectivity index (χ3v) is 10.9. The highest BCUT2D eigenvalue weighted by Crippen LogP contribution is 2.55. The third kappa shape index (κ3) is 4.93. The number of benzene rings is 7. The molecule has 0 aliphatic heterocycles. The summed E-state index contributed by atoms with van der Waals surface area (Å²) in [5.74, 6) is 0. The van der Waals surface area contributed by atoms with Gasteiger partial charge in [0.25, 0.3) is 0 Å². The van der Waals surface area contributed by atoms with E-state index in [0.717, 1.165) is 5.69 Å². The summed E-state index contributed by atoms with van der Waals surface area (Å²) in [6, 6.07) is 60.3. The molecule has 1 aliphatic carbocycles. The van der Waals surface area contributed by atoms with Crippen molar-refractivity contribution in [2.24, 2.45) is 0 Å². The molecule has 0 saturated carbocycles. The predicted octanol–water partition coefficient (Wildman–Crippen LogP) is 13.5. The van der Waals surface area contributed by atoms with Gasteiger partial charge in [-0.15, -0.1) is 0 Å². The van der Waals surface area contributed by atoms with Gasteiger partial charge in [-0.3, -0.25) is 0 Å². The van der Waals surface area contributed by atoms with Crippen LogP contribution in [0, 0.1) is 0 Å². The minimum Gasteiger partial charge on any atom is -0.310 e. The first-order valence-electron chi connectivity index (χ1n) is 18.0. The highest BCUT2D eigenvalue weighted by Gasteiger charge is 2.39. The Bertz CT molecular complexity index is 2580. The second-order valence-corrected chi connectivity index (χ2v) is 15.4. The van der Waals surface area contributed by atoms with Gasteiger partial charge in [0, 0.05) is 33.2 Å². The van der Waals surface area contributed by atoms with Crippen molar-refractivity contribution in [1.82, 2.24) is 4.57 Å². The third-order valence-electron chi connectivity index (χ3n) is 10.9. The van der Waals surface area contributed by atoms with Crippen molar-refractivity contribution in [2.45, 2.75) is 45.4 Å². The zero-order valence-electron chi connectivity index (χ0n) is 30.0. The van der Waals surface area contributed by atoms with Crippen LogP contribution in [0.3, 0.4) is 0 Å². The molecule has 0 atom stereocenters. The number of anilines is 3. The highest BCUT2D eigenvalue weighted by atomic mass is 15.2. The van der Waals surface area contributed by atoms with Crippen molar-refractivity contribution in [2.75, 3.05) is 4.90 Å². The first kappa shape index (κ1) is 31.1. The van der Waals surface area contributed by atoms with Crippen LogP contribution in [0.2, 0.25) is 0 Å². The van der Waals surface area contributed by atoms with E-state index >= 15 is 0 Å². The smallest absolute Gasteiger partial charge is 0.0542 e. The van der Waals surface area contributed by atoms with Gasteiger partial charge in [-0.1, -0.05) is 144 Å². The second-order valence-electron chi connectivity index (χ2n) is 15.4. The lowest BCUT2D eigenvalue weighted by Gasteiger charge is -2.36. The molecule has 1 heterocycles. The molecule has 2 heteroatoms. The average molecular weight is 659 g/mol. The molecule has 0 bridgehead atoms. The van der Waals surface area contributed by atoms with Gasteiger partial charge in [0.2, 0.25) is 0 Å². The van der Waals surface area contributed by atoms with Gasteiger partial charge in [-0.25, -0.2) is 0 Å². The fourth-order valence-corrected chi connectivity index (χ4v) is 8.51. The molecule has 2 nitrogen and oxygen atoms in total. The molecule has 0 saturated heterocycles. The quantitative estimate of drug-likeness (QED) is 0.179. The van der Waals surface area contributed by atoms with Crippen molar-refractivity contribution in [1.29, 1.82) is 0 Å². The normalized spacial score (nSPS) is 13.4. The Labute approximate surface area is 301 Å². The van der Waals surface area contributed by atoms with Gasteiger partial charge in [-0.2, -0.15) is 0 Å². The highest BCUT2D eigenvalue weighted by molar-refractivity contribution is 6.11. The van der Waals surface area contributed by atoms with E-state index in [2.05, 4.69) is 208 Å². The Hall–Kier alpha value is -5.86. The van der Waals surface area contributed by atoms with Crippen molar-refractivity contribution in [3.05, 3.63) is 180 Å². The van der Waals surface area contributed by atoms with E-state index in [4.69, 9.17) is 0 Å². The van der Waals surface area contributed by atoms with Crippen LogP contribution in [0.1, 0.15) is 51.3 Å². The standard InChI is InChI=1S/C49H42N2/c1-48(2,3)42-31-34(33-17-8-6-9-18-33)27-29-45(42)51(46-26-16-23-39-37-21-12-14-24-41(37)49(4,5)47(39)46)36-28-30-44-40(32-36)38-22-13-15-25-43(38)50(44)35-19-10-7-11-20-35/h6-32H,1-5H3. The zero-order valence-corrected chi connectivity index (χ0v) is 30.0. The van der Waals surface area contributed by atoms with E-state index in [0.29, 0.717) is 0 Å². The Balaban J connectivity index is 1.35. The molecule has 0 amide bonds. The maximum atomic E-state index is 2.55. The molecular weight excluding hydrogens is 617 g/mol. The topological polar surface area (TPSA) is 8.17 Å². The molecule has 0 radical (unpaired) electrons. The number of hydrogen-bond acceptors (Lipinski definition) is 1. The first-order valence-corrected chi connectivity index (χ1v) is 18.0. The summed E-state index contributed by atoms with van der Waals surface area (Å²) >= 11 is 0. The predicted molar refractivity (Wildman–Crippen MR) is 217 cm³/mol. The van der Waals surface area contributed by atoms with Crippen LogP contribution >= 0.6 is 0 Å². The van der Waals surface area contributed by atoms with Crippen LogP contribution in [0.25, 0.3) is 49.7 Å². The summed E-state index contributed by atoms with van der Waals surface area (Å²) in [4.78, 5) is 2.55. The van der Waals surface area contributed by atoms with Gasteiger partial charge < -0.3 is 9.47 Å². The largest absolute Gasteiger partial charge is 0.310 e. The number of nitrogens with zero attached hydrogens (tertiary/aromatic N) is 2. The lowest BCUT2D eigenvalue weighted by atomic mass is 9.80. The molecule has 0 N–H and O–H groups in total. The molecule has 7 aromatic carbocycles. The van der Waals surface area contributed by atoms with Crippen molar-refractivity contribution >= 4 is 38.9 Å². The fourth-order valence-electron chi connectivity index (χ4n) is 8.51. The number of fused-ring (bicyclic) bond motifs is 6.